The molecule has 6 fully saturated rings. The Kier molecular flexibility index (Phi) is 4.51. The van der Waals surface area contributed by atoms with Gasteiger partial charge >= 0.3 is 6.16 Å². The summed E-state index contributed by atoms with van der Waals surface area (Å²) in [7, 11) is 0. The summed E-state index contributed by atoms with van der Waals surface area (Å²) in [5, 5.41) is 0. The van der Waals surface area contributed by atoms with Crippen molar-refractivity contribution in [3.05, 3.63) is 0 Å². The van der Waals surface area contributed by atoms with Crippen LogP contribution in [0.25, 0.3) is 0 Å². The van der Waals surface area contributed by atoms with E-state index in [1.165, 1.54) is 6.42 Å². The predicted molar refractivity (Wildman–Crippen MR) is 93.5 cm³/mol. The fraction of sp³-hybridized carbons (Fsp3) is 1.00. The highest BCUT2D eigenvalue weighted by molar-refractivity contribution is 5.01. The Balaban J connectivity index is 0.978. The van der Waals surface area contributed by atoms with Crippen LogP contribution in [0.3, 0.4) is 0 Å². The molecule has 28 heavy (non-hydrogen) atoms. The minimum Gasteiger partial charge on any atom is -0.373 e. The molecule has 4 heterocycles. The molecule has 2 aliphatic carbocycles. The lowest BCUT2D eigenvalue weighted by Crippen LogP contribution is -2.60. The molecule has 0 aromatic carbocycles. The third-order valence-electron chi connectivity index (χ3n) is 7.14. The van der Waals surface area contributed by atoms with Crippen molar-refractivity contribution in [1.29, 1.82) is 0 Å². The Morgan fingerprint density at radius 3 is 2.14 bits per heavy atom. The molecule has 2 saturated carbocycles. The Labute approximate surface area is 165 Å². The van der Waals surface area contributed by atoms with Crippen molar-refractivity contribution in [3.63, 3.8) is 0 Å². The van der Waals surface area contributed by atoms with Crippen LogP contribution in [-0.2, 0) is 37.9 Å². The SMILES string of the molecule is CCC1(OC2CCC3OC32)COC2(OCC(OCC3CCC4OC34)CO2)OC1. The molecule has 0 amide bonds. The van der Waals surface area contributed by atoms with Gasteiger partial charge in [-0.15, -0.1) is 0 Å². The van der Waals surface area contributed by atoms with Crippen LogP contribution in [0.2, 0.25) is 0 Å². The highest BCUT2D eigenvalue weighted by Crippen LogP contribution is 2.44. The van der Waals surface area contributed by atoms with Gasteiger partial charge in [0.05, 0.1) is 57.5 Å². The van der Waals surface area contributed by atoms with Crippen LogP contribution in [0.15, 0.2) is 0 Å². The summed E-state index contributed by atoms with van der Waals surface area (Å²) in [6.07, 6.45) is 5.46. The van der Waals surface area contributed by atoms with E-state index in [0.717, 1.165) is 25.7 Å². The van der Waals surface area contributed by atoms with Gasteiger partial charge in [-0.3, -0.25) is 0 Å². The van der Waals surface area contributed by atoms with Crippen molar-refractivity contribution in [2.24, 2.45) is 5.92 Å². The fourth-order valence-electron chi connectivity index (χ4n) is 5.06. The van der Waals surface area contributed by atoms with E-state index < -0.39 is 11.8 Å². The summed E-state index contributed by atoms with van der Waals surface area (Å²) in [6.45, 7) is 4.33. The predicted octanol–water partition coefficient (Wildman–Crippen LogP) is 1.35. The average Bonchev–Trinajstić information content (AvgIpc) is 3.62. The molecule has 8 nitrogen and oxygen atoms in total. The molecule has 0 radical (unpaired) electrons. The highest BCUT2D eigenvalue weighted by Gasteiger charge is 2.56. The van der Waals surface area contributed by atoms with Crippen molar-refractivity contribution < 1.29 is 37.9 Å². The first-order valence-corrected chi connectivity index (χ1v) is 10.8. The van der Waals surface area contributed by atoms with Gasteiger partial charge in [-0.2, -0.15) is 0 Å². The van der Waals surface area contributed by atoms with Crippen LogP contribution in [0.4, 0.5) is 0 Å². The minimum atomic E-state index is -1.42. The average molecular weight is 398 g/mol. The quantitative estimate of drug-likeness (QED) is 0.621. The Bertz CT molecular complexity index is 581. The molecular weight excluding hydrogens is 368 g/mol. The van der Waals surface area contributed by atoms with E-state index in [1.54, 1.807) is 0 Å². The van der Waals surface area contributed by atoms with Crippen molar-refractivity contribution in [2.45, 2.75) is 87.4 Å². The molecule has 0 aromatic heterocycles. The van der Waals surface area contributed by atoms with Gasteiger partial charge < -0.3 is 37.9 Å². The second kappa shape index (κ2) is 6.85. The standard InChI is InChI=1S/C20H30O8/c1-2-19(28-16-6-5-15-18(16)27-15)10-24-20(25-11-19)22-8-13(9-23-20)21-7-12-3-4-14-17(12)26-14/h12-18H,2-11H2,1H3. The molecule has 158 valence electrons. The van der Waals surface area contributed by atoms with E-state index in [-0.39, 0.29) is 18.3 Å². The molecule has 4 aliphatic heterocycles. The summed E-state index contributed by atoms with van der Waals surface area (Å²) in [6, 6.07) is 0. The van der Waals surface area contributed by atoms with Crippen LogP contribution >= 0.6 is 0 Å². The Morgan fingerprint density at radius 1 is 0.857 bits per heavy atom. The summed E-state index contributed by atoms with van der Waals surface area (Å²) in [4.78, 5) is 0. The van der Waals surface area contributed by atoms with Crippen LogP contribution in [-0.4, -0.2) is 81.4 Å². The van der Waals surface area contributed by atoms with Crippen LogP contribution in [0.5, 0.6) is 0 Å². The third-order valence-corrected chi connectivity index (χ3v) is 7.14. The maximum atomic E-state index is 6.38. The maximum Gasteiger partial charge on any atom is 0.413 e. The lowest BCUT2D eigenvalue weighted by molar-refractivity contribution is -0.546. The zero-order valence-corrected chi connectivity index (χ0v) is 16.4. The van der Waals surface area contributed by atoms with Gasteiger partial charge in [0.1, 0.15) is 17.8 Å². The number of fused-ring (bicyclic) bond motifs is 2. The Morgan fingerprint density at radius 2 is 1.57 bits per heavy atom. The molecule has 4 saturated heterocycles. The topological polar surface area (TPSA) is 80.4 Å². The normalized spacial score (nSPS) is 54.5. The maximum absolute atomic E-state index is 6.38. The molecule has 6 atom stereocenters. The molecule has 0 N–H and O–H groups in total. The summed E-state index contributed by atoms with van der Waals surface area (Å²) < 4.78 is 47.0. The first-order valence-electron chi connectivity index (χ1n) is 10.8. The van der Waals surface area contributed by atoms with Crippen molar-refractivity contribution in [1.82, 2.24) is 0 Å². The van der Waals surface area contributed by atoms with Crippen LogP contribution in [0.1, 0.15) is 39.0 Å². The smallest absolute Gasteiger partial charge is 0.373 e. The van der Waals surface area contributed by atoms with Gasteiger partial charge in [0.25, 0.3) is 0 Å². The second-order valence-electron chi connectivity index (χ2n) is 9.04. The van der Waals surface area contributed by atoms with E-state index in [1.807, 2.05) is 0 Å². The molecule has 6 aliphatic rings. The van der Waals surface area contributed by atoms with Crippen molar-refractivity contribution in [2.75, 3.05) is 33.0 Å². The van der Waals surface area contributed by atoms with Crippen LogP contribution < -0.4 is 0 Å². The summed E-state index contributed by atoms with van der Waals surface area (Å²) in [5.74, 6) is 0.510. The summed E-state index contributed by atoms with van der Waals surface area (Å²) in [5.41, 5.74) is -0.472. The number of hydrogen-bond acceptors (Lipinski definition) is 8. The monoisotopic (exact) mass is 398 g/mol. The number of ether oxygens (including phenoxy) is 8. The molecule has 0 aromatic rings. The fourth-order valence-corrected chi connectivity index (χ4v) is 5.06. The first-order chi connectivity index (χ1) is 13.7. The van der Waals surface area contributed by atoms with E-state index in [9.17, 15) is 0 Å². The molecule has 1 spiro atoms. The second-order valence-corrected chi connectivity index (χ2v) is 9.04. The van der Waals surface area contributed by atoms with Gasteiger partial charge in [0.2, 0.25) is 0 Å². The molecule has 6 rings (SSSR count). The molecule has 8 heteroatoms. The largest absolute Gasteiger partial charge is 0.413 e. The van der Waals surface area contributed by atoms with Gasteiger partial charge in [-0.05, 0) is 32.1 Å². The number of hydrogen-bond donors (Lipinski definition) is 0. The molecular formula is C20H30O8. The zero-order chi connectivity index (χ0) is 18.8. The lowest BCUT2D eigenvalue weighted by atomic mass is 10.0. The van der Waals surface area contributed by atoms with Crippen molar-refractivity contribution in [3.8, 4) is 0 Å². The molecule has 0 bridgehead atoms. The van der Waals surface area contributed by atoms with E-state index in [0.29, 0.717) is 57.3 Å². The van der Waals surface area contributed by atoms with Crippen molar-refractivity contribution >= 4 is 0 Å². The van der Waals surface area contributed by atoms with E-state index >= 15 is 0 Å². The van der Waals surface area contributed by atoms with Gasteiger partial charge in [0, 0.05) is 5.92 Å². The third kappa shape index (κ3) is 3.32. The number of rotatable bonds is 6. The zero-order valence-electron chi connectivity index (χ0n) is 16.4. The first kappa shape index (κ1) is 18.4. The van der Waals surface area contributed by atoms with E-state index in [2.05, 4.69) is 6.92 Å². The van der Waals surface area contributed by atoms with E-state index in [4.69, 9.17) is 37.9 Å². The summed E-state index contributed by atoms with van der Waals surface area (Å²) >= 11 is 0. The molecule has 6 unspecified atom stereocenters. The van der Waals surface area contributed by atoms with Gasteiger partial charge in [-0.25, -0.2) is 0 Å². The van der Waals surface area contributed by atoms with Gasteiger partial charge in [-0.1, -0.05) is 6.92 Å². The number of epoxide rings is 2. The Hall–Kier alpha value is -0.320. The minimum absolute atomic E-state index is 0.104. The van der Waals surface area contributed by atoms with Crippen LogP contribution in [0, 0.1) is 5.92 Å². The van der Waals surface area contributed by atoms with Gasteiger partial charge in [0.15, 0.2) is 0 Å². The lowest BCUT2D eigenvalue weighted by Gasteiger charge is -2.47. The highest BCUT2D eigenvalue weighted by atomic mass is 17.0.